The second-order valence-corrected chi connectivity index (χ2v) is 8.62. The number of rotatable bonds is 17. The van der Waals surface area contributed by atoms with Crippen LogP contribution in [0.4, 0.5) is 0 Å². The average molecular weight is 427 g/mol. The maximum Gasteiger partial charge on any atom is 0.159 e. The summed E-state index contributed by atoms with van der Waals surface area (Å²) in [5.74, 6) is 3.06. The highest BCUT2D eigenvalue weighted by molar-refractivity contribution is 5.56. The highest BCUT2D eigenvalue weighted by atomic mass is 16.5. The van der Waals surface area contributed by atoms with Crippen LogP contribution < -0.4 is 9.47 Å². The molecule has 0 aliphatic carbocycles. The first-order valence-corrected chi connectivity index (χ1v) is 12.4. The molecular formula is C27H42N2O2. The van der Waals surface area contributed by atoms with E-state index >= 15 is 0 Å². The summed E-state index contributed by atoms with van der Waals surface area (Å²) in [5, 5.41) is 0. The van der Waals surface area contributed by atoms with Gasteiger partial charge in [0.05, 0.1) is 25.6 Å². The van der Waals surface area contributed by atoms with E-state index in [0.29, 0.717) is 11.7 Å². The van der Waals surface area contributed by atoms with Gasteiger partial charge in [-0.05, 0) is 43.0 Å². The summed E-state index contributed by atoms with van der Waals surface area (Å²) < 4.78 is 11.7. The molecule has 0 radical (unpaired) electrons. The van der Waals surface area contributed by atoms with Gasteiger partial charge in [0.1, 0.15) is 5.75 Å². The topological polar surface area (TPSA) is 44.2 Å². The zero-order valence-electron chi connectivity index (χ0n) is 19.9. The number of ether oxygens (including phenoxy) is 2. The molecule has 2 rings (SSSR count). The van der Waals surface area contributed by atoms with Crippen molar-refractivity contribution in [3.8, 4) is 22.9 Å². The van der Waals surface area contributed by atoms with Gasteiger partial charge in [-0.3, -0.25) is 0 Å². The molecule has 2 aromatic rings. The van der Waals surface area contributed by atoms with E-state index in [-0.39, 0.29) is 0 Å². The molecule has 0 bridgehead atoms. The number of nitrogens with zero attached hydrogens (tertiary/aromatic N) is 2. The number of unbranched alkanes of at least 4 members (excludes halogenated alkanes) is 7. The van der Waals surface area contributed by atoms with E-state index in [4.69, 9.17) is 9.47 Å². The molecule has 172 valence electrons. The Labute approximate surface area is 189 Å². The fourth-order valence-corrected chi connectivity index (χ4v) is 3.58. The highest BCUT2D eigenvalue weighted by Gasteiger charge is 2.05. The van der Waals surface area contributed by atoms with Gasteiger partial charge in [0, 0.05) is 5.56 Å². The third kappa shape index (κ3) is 10.7. The zero-order valence-corrected chi connectivity index (χ0v) is 19.9. The second kappa shape index (κ2) is 15.7. The molecule has 0 N–H and O–H groups in total. The van der Waals surface area contributed by atoms with Crippen molar-refractivity contribution in [3.63, 3.8) is 0 Å². The van der Waals surface area contributed by atoms with Crippen molar-refractivity contribution in [2.45, 2.75) is 91.4 Å². The molecule has 0 saturated carbocycles. The number of hydrogen-bond donors (Lipinski definition) is 0. The molecule has 0 fully saturated rings. The Kier molecular flexibility index (Phi) is 12.7. The quantitative estimate of drug-likeness (QED) is 0.241. The monoisotopic (exact) mass is 426 g/mol. The fraction of sp³-hybridized carbons (Fsp3) is 0.630. The Morgan fingerprint density at radius 3 is 2.00 bits per heavy atom. The summed E-state index contributed by atoms with van der Waals surface area (Å²) in [7, 11) is 0. The average Bonchev–Trinajstić information content (AvgIpc) is 2.80. The molecule has 0 aliphatic rings. The van der Waals surface area contributed by atoms with Crippen molar-refractivity contribution >= 4 is 0 Å². The lowest BCUT2D eigenvalue weighted by molar-refractivity contribution is 0.275. The molecule has 1 unspecified atom stereocenters. The molecular weight excluding hydrogens is 384 g/mol. The van der Waals surface area contributed by atoms with Crippen LogP contribution in [0.3, 0.4) is 0 Å². The first-order chi connectivity index (χ1) is 15.2. The van der Waals surface area contributed by atoms with Crippen molar-refractivity contribution < 1.29 is 9.47 Å². The van der Waals surface area contributed by atoms with Crippen LogP contribution in [0.2, 0.25) is 0 Å². The maximum absolute atomic E-state index is 5.86. The summed E-state index contributed by atoms with van der Waals surface area (Å²) in [5.41, 5.74) is 0.989. The minimum atomic E-state index is 0.702. The first kappa shape index (κ1) is 25.2. The Morgan fingerprint density at radius 2 is 1.29 bits per heavy atom. The van der Waals surface area contributed by atoms with Crippen LogP contribution in [0.15, 0.2) is 36.7 Å². The van der Waals surface area contributed by atoms with E-state index in [9.17, 15) is 0 Å². The smallest absolute Gasteiger partial charge is 0.159 e. The van der Waals surface area contributed by atoms with Gasteiger partial charge >= 0.3 is 0 Å². The van der Waals surface area contributed by atoms with Gasteiger partial charge < -0.3 is 9.47 Å². The van der Waals surface area contributed by atoms with Crippen LogP contribution in [0.25, 0.3) is 11.4 Å². The molecule has 0 saturated heterocycles. The van der Waals surface area contributed by atoms with E-state index in [0.717, 1.165) is 43.1 Å². The molecule has 4 heteroatoms. The largest absolute Gasteiger partial charge is 0.494 e. The molecule has 31 heavy (non-hydrogen) atoms. The van der Waals surface area contributed by atoms with Gasteiger partial charge in [-0.2, -0.15) is 0 Å². The molecule has 0 spiro atoms. The highest BCUT2D eigenvalue weighted by Crippen LogP contribution is 2.21. The maximum atomic E-state index is 5.86. The minimum Gasteiger partial charge on any atom is -0.494 e. The standard InChI is InChI=1S/C27H42N2O2/c1-4-6-8-9-10-12-19-30-25-16-14-24(15-17-25)27-28-21-26(22-29-27)31-20-18-23(3)13-11-7-5-2/h14-17,21-23H,4-13,18-20H2,1-3H3. The van der Waals surface area contributed by atoms with Crippen molar-refractivity contribution in [3.05, 3.63) is 36.7 Å². The van der Waals surface area contributed by atoms with Crippen LogP contribution in [-0.4, -0.2) is 23.2 Å². The van der Waals surface area contributed by atoms with Crippen molar-refractivity contribution in [1.82, 2.24) is 9.97 Å². The number of hydrogen-bond acceptors (Lipinski definition) is 4. The van der Waals surface area contributed by atoms with Crippen LogP contribution >= 0.6 is 0 Å². The van der Waals surface area contributed by atoms with Crippen molar-refractivity contribution in [2.75, 3.05) is 13.2 Å². The lowest BCUT2D eigenvalue weighted by atomic mass is 10.0. The predicted octanol–water partition coefficient (Wildman–Crippen LogP) is 7.87. The number of aromatic nitrogens is 2. The van der Waals surface area contributed by atoms with Crippen LogP contribution in [-0.2, 0) is 0 Å². The fourth-order valence-electron chi connectivity index (χ4n) is 3.58. The lowest BCUT2D eigenvalue weighted by Gasteiger charge is -2.12. The van der Waals surface area contributed by atoms with Crippen molar-refractivity contribution in [1.29, 1.82) is 0 Å². The van der Waals surface area contributed by atoms with E-state index in [1.54, 1.807) is 12.4 Å². The number of benzene rings is 1. The normalized spacial score (nSPS) is 12.0. The van der Waals surface area contributed by atoms with Gasteiger partial charge in [0.25, 0.3) is 0 Å². The third-order valence-corrected chi connectivity index (χ3v) is 5.69. The van der Waals surface area contributed by atoms with Gasteiger partial charge in [-0.25, -0.2) is 9.97 Å². The molecule has 1 heterocycles. The second-order valence-electron chi connectivity index (χ2n) is 8.62. The van der Waals surface area contributed by atoms with Crippen molar-refractivity contribution in [2.24, 2.45) is 5.92 Å². The molecule has 0 aliphatic heterocycles. The van der Waals surface area contributed by atoms with E-state index in [2.05, 4.69) is 30.7 Å². The molecule has 0 amide bonds. The minimum absolute atomic E-state index is 0.702. The van der Waals surface area contributed by atoms with Gasteiger partial charge in [-0.15, -0.1) is 0 Å². The Hall–Kier alpha value is -2.10. The van der Waals surface area contributed by atoms with Crippen LogP contribution in [0.1, 0.15) is 91.4 Å². The van der Waals surface area contributed by atoms with E-state index in [1.165, 1.54) is 57.8 Å². The summed E-state index contributed by atoms with van der Waals surface area (Å²) in [6, 6.07) is 8.04. The molecule has 4 nitrogen and oxygen atoms in total. The SMILES string of the molecule is CCCCCCCCOc1ccc(-c2ncc(OCCC(C)CCCCC)cn2)cc1. The first-order valence-electron chi connectivity index (χ1n) is 12.4. The Balaban J connectivity index is 1.68. The summed E-state index contributed by atoms with van der Waals surface area (Å²) in [4.78, 5) is 8.94. The summed E-state index contributed by atoms with van der Waals surface area (Å²) in [6.07, 6.45) is 17.5. The van der Waals surface area contributed by atoms with E-state index < -0.39 is 0 Å². The molecule has 1 aromatic carbocycles. The third-order valence-electron chi connectivity index (χ3n) is 5.69. The predicted molar refractivity (Wildman–Crippen MR) is 130 cm³/mol. The van der Waals surface area contributed by atoms with Gasteiger partial charge in [0.15, 0.2) is 11.6 Å². The summed E-state index contributed by atoms with van der Waals surface area (Å²) >= 11 is 0. The van der Waals surface area contributed by atoms with E-state index in [1.807, 2.05) is 24.3 Å². The van der Waals surface area contributed by atoms with Crippen LogP contribution in [0.5, 0.6) is 11.5 Å². The molecule has 1 aromatic heterocycles. The van der Waals surface area contributed by atoms with Crippen LogP contribution in [0, 0.1) is 5.92 Å². The van der Waals surface area contributed by atoms with Gasteiger partial charge in [0.2, 0.25) is 0 Å². The molecule has 1 atom stereocenters. The van der Waals surface area contributed by atoms with Gasteiger partial charge in [-0.1, -0.05) is 78.6 Å². The zero-order chi connectivity index (χ0) is 22.2. The Morgan fingerprint density at radius 1 is 0.677 bits per heavy atom. The summed E-state index contributed by atoms with van der Waals surface area (Å²) in [6.45, 7) is 8.31. The lowest BCUT2D eigenvalue weighted by Crippen LogP contribution is -2.05. The Bertz CT molecular complexity index is 685.